The molecule has 0 saturated carbocycles. The van der Waals surface area contributed by atoms with Crippen molar-refractivity contribution in [2.45, 2.75) is 0 Å². The second-order valence-electron chi connectivity index (χ2n) is 4.90. The highest BCUT2D eigenvalue weighted by molar-refractivity contribution is 6.30. The normalized spacial score (nSPS) is 10.7. The van der Waals surface area contributed by atoms with Gasteiger partial charge in [-0.1, -0.05) is 29.8 Å². The average Bonchev–Trinajstić information content (AvgIpc) is 2.62. The smallest absolute Gasteiger partial charge is 0.274 e. The van der Waals surface area contributed by atoms with E-state index in [4.69, 9.17) is 11.6 Å². The number of nitrogens with one attached hydrogen (secondary N) is 1. The highest BCUT2D eigenvalue weighted by Crippen LogP contribution is 2.20. The summed E-state index contributed by atoms with van der Waals surface area (Å²) in [5.74, 6) is -0.323. The van der Waals surface area contributed by atoms with Gasteiger partial charge in [0, 0.05) is 16.9 Å². The second kappa shape index (κ2) is 7.48. The zero-order valence-corrected chi connectivity index (χ0v) is 13.3. The molecule has 0 aliphatic carbocycles. The van der Waals surface area contributed by atoms with E-state index in [9.17, 15) is 4.79 Å². The average molecular weight is 337 g/mol. The Labute approximate surface area is 144 Å². The standard InChI is InChI=1S/C18H13ClN4O/c19-13-10-11-20-17(12-13)18(24)21-14-6-8-16(9-7-14)23-22-15-4-2-1-3-5-15/h1-12H,(H,21,24). The van der Waals surface area contributed by atoms with Gasteiger partial charge in [-0.25, -0.2) is 0 Å². The van der Waals surface area contributed by atoms with Crippen molar-refractivity contribution in [2.75, 3.05) is 5.32 Å². The Morgan fingerprint density at radius 2 is 1.58 bits per heavy atom. The van der Waals surface area contributed by atoms with Gasteiger partial charge in [0.25, 0.3) is 5.91 Å². The fourth-order valence-corrected chi connectivity index (χ4v) is 2.11. The Kier molecular flexibility index (Phi) is 4.93. The maximum absolute atomic E-state index is 12.1. The molecule has 0 bridgehead atoms. The molecular formula is C18H13ClN4O. The van der Waals surface area contributed by atoms with Crippen LogP contribution in [0.4, 0.5) is 17.1 Å². The topological polar surface area (TPSA) is 66.7 Å². The van der Waals surface area contributed by atoms with Gasteiger partial charge in [0.05, 0.1) is 11.4 Å². The molecule has 0 atom stereocenters. The predicted molar refractivity (Wildman–Crippen MR) is 94.3 cm³/mol. The minimum Gasteiger partial charge on any atom is -0.321 e. The first kappa shape index (κ1) is 15.8. The third-order valence-corrected chi connectivity index (χ3v) is 3.35. The third kappa shape index (κ3) is 4.24. The molecule has 0 unspecified atom stereocenters. The Hall–Kier alpha value is -3.05. The van der Waals surface area contributed by atoms with Gasteiger partial charge in [-0.3, -0.25) is 9.78 Å². The van der Waals surface area contributed by atoms with Crippen molar-refractivity contribution in [2.24, 2.45) is 10.2 Å². The van der Waals surface area contributed by atoms with Crippen LogP contribution in [0.3, 0.4) is 0 Å². The number of hydrogen-bond acceptors (Lipinski definition) is 4. The molecule has 1 heterocycles. The van der Waals surface area contributed by atoms with Crippen molar-refractivity contribution < 1.29 is 4.79 Å². The lowest BCUT2D eigenvalue weighted by Gasteiger charge is -2.05. The van der Waals surface area contributed by atoms with Crippen LogP contribution in [0.25, 0.3) is 0 Å². The highest BCUT2D eigenvalue weighted by Gasteiger charge is 2.07. The molecule has 0 radical (unpaired) electrons. The molecule has 1 aromatic heterocycles. The summed E-state index contributed by atoms with van der Waals surface area (Å²) in [5.41, 5.74) is 2.37. The molecule has 0 aliphatic heterocycles. The van der Waals surface area contributed by atoms with E-state index in [2.05, 4.69) is 20.5 Å². The van der Waals surface area contributed by atoms with Crippen molar-refractivity contribution in [1.82, 2.24) is 4.98 Å². The zero-order chi connectivity index (χ0) is 16.8. The fourth-order valence-electron chi connectivity index (χ4n) is 1.95. The Bertz CT molecular complexity index is 864. The van der Waals surface area contributed by atoms with Crippen molar-refractivity contribution in [3.63, 3.8) is 0 Å². The van der Waals surface area contributed by atoms with Gasteiger partial charge in [0.15, 0.2) is 0 Å². The van der Waals surface area contributed by atoms with E-state index < -0.39 is 0 Å². The van der Waals surface area contributed by atoms with Crippen molar-refractivity contribution in [1.29, 1.82) is 0 Å². The number of rotatable bonds is 4. The Morgan fingerprint density at radius 3 is 2.25 bits per heavy atom. The molecule has 0 aliphatic rings. The summed E-state index contributed by atoms with van der Waals surface area (Å²) in [6.07, 6.45) is 1.49. The van der Waals surface area contributed by atoms with Gasteiger partial charge >= 0.3 is 0 Å². The van der Waals surface area contributed by atoms with Crippen LogP contribution in [0.15, 0.2) is 83.2 Å². The highest BCUT2D eigenvalue weighted by atomic mass is 35.5. The minimum absolute atomic E-state index is 0.260. The van der Waals surface area contributed by atoms with Crippen LogP contribution >= 0.6 is 11.6 Å². The largest absolute Gasteiger partial charge is 0.321 e. The van der Waals surface area contributed by atoms with Gasteiger partial charge in [-0.05, 0) is 48.5 Å². The minimum atomic E-state index is -0.323. The van der Waals surface area contributed by atoms with Crippen LogP contribution in [0.5, 0.6) is 0 Å². The van der Waals surface area contributed by atoms with Crippen LogP contribution in [0, 0.1) is 0 Å². The summed E-state index contributed by atoms with van der Waals surface area (Å²) in [4.78, 5) is 16.1. The molecule has 3 rings (SSSR count). The molecule has 6 heteroatoms. The monoisotopic (exact) mass is 336 g/mol. The van der Waals surface area contributed by atoms with E-state index in [0.717, 1.165) is 5.69 Å². The number of amides is 1. The van der Waals surface area contributed by atoms with E-state index >= 15 is 0 Å². The summed E-state index contributed by atoms with van der Waals surface area (Å²) >= 11 is 5.86. The molecule has 1 N–H and O–H groups in total. The first-order valence-electron chi connectivity index (χ1n) is 7.20. The van der Waals surface area contributed by atoms with Crippen LogP contribution in [0.2, 0.25) is 5.02 Å². The lowest BCUT2D eigenvalue weighted by atomic mass is 10.2. The zero-order valence-electron chi connectivity index (χ0n) is 12.6. The number of nitrogens with zero attached hydrogens (tertiary/aromatic N) is 3. The lowest BCUT2D eigenvalue weighted by Crippen LogP contribution is -2.13. The van der Waals surface area contributed by atoms with Crippen LogP contribution in [0.1, 0.15) is 10.5 Å². The van der Waals surface area contributed by atoms with Gasteiger partial charge in [-0.15, -0.1) is 0 Å². The number of anilines is 1. The first-order chi connectivity index (χ1) is 11.7. The number of azo groups is 1. The number of carbonyl (C=O) groups is 1. The number of pyridine rings is 1. The number of halogens is 1. The third-order valence-electron chi connectivity index (χ3n) is 3.12. The van der Waals surface area contributed by atoms with Gasteiger partial charge < -0.3 is 5.32 Å². The van der Waals surface area contributed by atoms with Crippen LogP contribution in [-0.4, -0.2) is 10.9 Å². The van der Waals surface area contributed by atoms with Gasteiger partial charge in [0.2, 0.25) is 0 Å². The van der Waals surface area contributed by atoms with Gasteiger partial charge in [-0.2, -0.15) is 10.2 Å². The molecular weight excluding hydrogens is 324 g/mol. The van der Waals surface area contributed by atoms with E-state index in [1.54, 1.807) is 30.3 Å². The summed E-state index contributed by atoms with van der Waals surface area (Å²) in [6.45, 7) is 0. The van der Waals surface area contributed by atoms with Crippen LogP contribution < -0.4 is 5.32 Å². The molecule has 1 amide bonds. The predicted octanol–water partition coefficient (Wildman–Crippen LogP) is 5.40. The van der Waals surface area contributed by atoms with Crippen molar-refractivity contribution in [3.05, 3.63) is 83.6 Å². The Morgan fingerprint density at radius 1 is 0.917 bits per heavy atom. The lowest BCUT2D eigenvalue weighted by molar-refractivity contribution is 0.102. The first-order valence-corrected chi connectivity index (χ1v) is 7.58. The Balaban J connectivity index is 1.66. The summed E-state index contributed by atoms with van der Waals surface area (Å²) in [5, 5.41) is 11.5. The maximum atomic E-state index is 12.1. The molecule has 0 fully saturated rings. The molecule has 0 saturated heterocycles. The summed E-state index contributed by atoms with van der Waals surface area (Å²) in [6, 6.07) is 19.6. The molecule has 3 aromatic rings. The second-order valence-corrected chi connectivity index (χ2v) is 5.33. The van der Waals surface area contributed by atoms with E-state index in [0.29, 0.717) is 16.4 Å². The molecule has 0 spiro atoms. The fraction of sp³-hybridized carbons (Fsp3) is 0. The van der Waals surface area contributed by atoms with Gasteiger partial charge in [0.1, 0.15) is 5.69 Å². The maximum Gasteiger partial charge on any atom is 0.274 e. The summed E-state index contributed by atoms with van der Waals surface area (Å²) in [7, 11) is 0. The molecule has 5 nitrogen and oxygen atoms in total. The van der Waals surface area contributed by atoms with Crippen molar-refractivity contribution in [3.8, 4) is 0 Å². The molecule has 118 valence electrons. The van der Waals surface area contributed by atoms with Crippen molar-refractivity contribution >= 4 is 34.6 Å². The van der Waals surface area contributed by atoms with E-state index in [-0.39, 0.29) is 11.6 Å². The van der Waals surface area contributed by atoms with Crippen LogP contribution in [-0.2, 0) is 0 Å². The number of carbonyl (C=O) groups excluding carboxylic acids is 1. The van der Waals surface area contributed by atoms with E-state index in [1.807, 2.05) is 30.3 Å². The summed E-state index contributed by atoms with van der Waals surface area (Å²) < 4.78 is 0. The number of hydrogen-bond donors (Lipinski definition) is 1. The number of aromatic nitrogens is 1. The molecule has 2 aromatic carbocycles. The quantitative estimate of drug-likeness (QED) is 0.648. The SMILES string of the molecule is O=C(Nc1ccc(N=Nc2ccccc2)cc1)c1cc(Cl)ccn1. The molecule has 24 heavy (non-hydrogen) atoms. The van der Waals surface area contributed by atoms with E-state index in [1.165, 1.54) is 12.3 Å². The number of benzene rings is 2.